The second kappa shape index (κ2) is 9.88. The topological polar surface area (TPSA) is 105 Å². The number of nitrogens with one attached hydrogen (secondary N) is 1. The van der Waals surface area contributed by atoms with Crippen LogP contribution in [0.15, 0.2) is 0 Å². The lowest BCUT2D eigenvalue weighted by Crippen LogP contribution is -2.50. The zero-order chi connectivity index (χ0) is 14.8. The maximum Gasteiger partial charge on any atom is 0.312 e. The summed E-state index contributed by atoms with van der Waals surface area (Å²) in [6, 6.07) is -1.39. The molecule has 0 aromatic carbocycles. The predicted octanol–water partition coefficient (Wildman–Crippen LogP) is -0.758. The molecule has 0 aromatic rings. The molecule has 0 fully saturated rings. The lowest BCUT2D eigenvalue weighted by molar-refractivity contribution is -0.133. The summed E-state index contributed by atoms with van der Waals surface area (Å²) >= 11 is 1.58. The Morgan fingerprint density at radius 3 is 2.63 bits per heavy atom. The fourth-order valence-electron chi connectivity index (χ4n) is 1.58. The van der Waals surface area contributed by atoms with Crippen molar-refractivity contribution in [1.82, 2.24) is 10.2 Å². The Morgan fingerprint density at radius 1 is 1.53 bits per heavy atom. The van der Waals surface area contributed by atoms with E-state index in [2.05, 4.69) is 5.32 Å². The Hall–Kier alpha value is -0.990. The van der Waals surface area contributed by atoms with E-state index < -0.39 is 18.2 Å². The van der Waals surface area contributed by atoms with Crippen LogP contribution < -0.4 is 11.1 Å². The van der Waals surface area contributed by atoms with E-state index in [0.29, 0.717) is 6.42 Å². The van der Waals surface area contributed by atoms with Crippen molar-refractivity contribution in [2.24, 2.45) is 5.73 Å². The molecular weight excluding hydrogens is 270 g/mol. The van der Waals surface area contributed by atoms with Gasteiger partial charge in [0.1, 0.15) is 6.04 Å². The van der Waals surface area contributed by atoms with Crippen molar-refractivity contribution in [2.75, 3.05) is 39.3 Å². The van der Waals surface area contributed by atoms with E-state index in [4.69, 9.17) is 10.5 Å². The highest BCUT2D eigenvalue weighted by molar-refractivity contribution is 7.98. The van der Waals surface area contributed by atoms with Crippen LogP contribution >= 0.6 is 11.8 Å². The van der Waals surface area contributed by atoms with Crippen LogP contribution in [-0.2, 0) is 9.53 Å². The van der Waals surface area contributed by atoms with Crippen molar-refractivity contribution >= 4 is 23.7 Å². The number of aliphatic hydroxyl groups is 1. The van der Waals surface area contributed by atoms with E-state index in [1.54, 1.807) is 18.8 Å². The average Bonchev–Trinajstić information content (AvgIpc) is 2.33. The number of rotatable bonds is 9. The highest BCUT2D eigenvalue weighted by atomic mass is 32.2. The molecule has 0 aliphatic rings. The summed E-state index contributed by atoms with van der Waals surface area (Å²) in [4.78, 5) is 24.4. The fourth-order valence-corrected chi connectivity index (χ4v) is 2.05. The molecule has 3 amide bonds. The van der Waals surface area contributed by atoms with Gasteiger partial charge in [-0.15, -0.1) is 0 Å². The molecule has 0 saturated heterocycles. The lowest BCUT2D eigenvalue weighted by Gasteiger charge is -2.25. The van der Waals surface area contributed by atoms with Gasteiger partial charge in [-0.05, 0) is 18.4 Å². The van der Waals surface area contributed by atoms with Crippen LogP contribution in [0.1, 0.15) is 6.42 Å². The van der Waals surface area contributed by atoms with Crippen LogP contribution in [0, 0.1) is 0 Å². The molecule has 0 aliphatic carbocycles. The number of carbonyl (C=O) groups is 2. The van der Waals surface area contributed by atoms with E-state index in [9.17, 15) is 14.7 Å². The van der Waals surface area contributed by atoms with Crippen LogP contribution in [0.3, 0.4) is 0 Å². The van der Waals surface area contributed by atoms with Crippen molar-refractivity contribution in [3.05, 3.63) is 0 Å². The van der Waals surface area contributed by atoms with Gasteiger partial charge in [-0.1, -0.05) is 0 Å². The van der Waals surface area contributed by atoms with Crippen molar-refractivity contribution in [2.45, 2.75) is 18.6 Å². The molecule has 0 aliphatic heterocycles. The minimum Gasteiger partial charge on any atom is -0.389 e. The number of urea groups is 1. The smallest absolute Gasteiger partial charge is 0.312 e. The quantitative estimate of drug-likeness (QED) is 0.518. The van der Waals surface area contributed by atoms with Gasteiger partial charge >= 0.3 is 6.03 Å². The summed E-state index contributed by atoms with van der Waals surface area (Å²) in [6.07, 6.45) is 1.65. The van der Waals surface area contributed by atoms with E-state index in [1.165, 1.54) is 12.0 Å². The number of nitrogens with two attached hydrogens (primary N) is 1. The summed E-state index contributed by atoms with van der Waals surface area (Å²) in [7, 11) is 3.04. The predicted molar refractivity (Wildman–Crippen MR) is 75.0 cm³/mol. The van der Waals surface area contributed by atoms with E-state index in [1.807, 2.05) is 6.26 Å². The largest absolute Gasteiger partial charge is 0.389 e. The van der Waals surface area contributed by atoms with Gasteiger partial charge in [0, 0.05) is 20.7 Å². The first-order chi connectivity index (χ1) is 8.92. The molecule has 0 aromatic heterocycles. The molecule has 0 heterocycles. The first-order valence-electron chi connectivity index (χ1n) is 5.89. The summed E-state index contributed by atoms with van der Waals surface area (Å²) in [5, 5.41) is 12.0. The summed E-state index contributed by atoms with van der Waals surface area (Å²) in [5.41, 5.74) is 5.06. The summed E-state index contributed by atoms with van der Waals surface area (Å²) in [5.74, 6) is 0.452. The standard InChI is InChI=1S/C11H23N3O4S/c1-14(6-8(15)7-18-2)10(16)9(4-5-19-3)13-11(12)17/h8-9,15H,4-7H2,1-3H3,(H3,12,13,17). The molecule has 0 rings (SSSR count). The highest BCUT2D eigenvalue weighted by Gasteiger charge is 2.24. The number of thioether (sulfide) groups is 1. The Morgan fingerprint density at radius 2 is 2.16 bits per heavy atom. The van der Waals surface area contributed by atoms with Crippen LogP contribution in [-0.4, -0.2) is 73.4 Å². The van der Waals surface area contributed by atoms with Gasteiger partial charge in [0.25, 0.3) is 0 Å². The van der Waals surface area contributed by atoms with Crippen molar-refractivity contribution in [1.29, 1.82) is 0 Å². The molecule has 4 N–H and O–H groups in total. The monoisotopic (exact) mass is 293 g/mol. The molecule has 2 unspecified atom stereocenters. The normalized spacial score (nSPS) is 13.7. The minimum absolute atomic E-state index is 0.142. The maximum absolute atomic E-state index is 12.1. The highest BCUT2D eigenvalue weighted by Crippen LogP contribution is 2.04. The van der Waals surface area contributed by atoms with E-state index in [-0.39, 0.29) is 19.1 Å². The molecule has 8 heteroatoms. The Balaban J connectivity index is 4.45. The number of methoxy groups -OCH3 is 1. The zero-order valence-electron chi connectivity index (χ0n) is 11.6. The number of hydrogen-bond acceptors (Lipinski definition) is 5. The zero-order valence-corrected chi connectivity index (χ0v) is 12.4. The molecule has 0 radical (unpaired) electrons. The summed E-state index contributed by atoms with van der Waals surface area (Å²) < 4.78 is 4.79. The van der Waals surface area contributed by atoms with Gasteiger partial charge in [0.2, 0.25) is 5.91 Å². The van der Waals surface area contributed by atoms with Gasteiger partial charge < -0.3 is 25.8 Å². The molecule has 112 valence electrons. The number of primary amides is 1. The van der Waals surface area contributed by atoms with Gasteiger partial charge in [0.05, 0.1) is 12.7 Å². The number of amides is 3. The number of aliphatic hydroxyl groups excluding tert-OH is 1. The maximum atomic E-state index is 12.1. The number of carbonyl (C=O) groups excluding carboxylic acids is 2. The Labute approximate surface area is 117 Å². The number of hydrogen-bond donors (Lipinski definition) is 3. The Kier molecular flexibility index (Phi) is 9.36. The SMILES string of the molecule is COCC(O)CN(C)C(=O)C(CCSC)NC(N)=O. The van der Waals surface area contributed by atoms with Crippen LogP contribution in [0.2, 0.25) is 0 Å². The van der Waals surface area contributed by atoms with E-state index in [0.717, 1.165) is 5.75 Å². The second-order valence-electron chi connectivity index (χ2n) is 4.17. The molecule has 2 atom stereocenters. The first-order valence-corrected chi connectivity index (χ1v) is 7.28. The molecule has 19 heavy (non-hydrogen) atoms. The molecule has 7 nitrogen and oxygen atoms in total. The number of likely N-dealkylation sites (N-methyl/N-ethyl adjacent to an activating group) is 1. The van der Waals surface area contributed by atoms with Crippen molar-refractivity contribution < 1.29 is 19.4 Å². The number of nitrogens with zero attached hydrogens (tertiary/aromatic N) is 1. The van der Waals surface area contributed by atoms with Gasteiger partial charge in [-0.2, -0.15) is 11.8 Å². The lowest BCUT2D eigenvalue weighted by atomic mass is 10.2. The van der Waals surface area contributed by atoms with Crippen molar-refractivity contribution in [3.8, 4) is 0 Å². The minimum atomic E-state index is -0.756. The van der Waals surface area contributed by atoms with Crippen molar-refractivity contribution in [3.63, 3.8) is 0 Å². The molecular formula is C11H23N3O4S. The fraction of sp³-hybridized carbons (Fsp3) is 0.818. The molecule has 0 bridgehead atoms. The van der Waals surface area contributed by atoms with Gasteiger partial charge in [0.15, 0.2) is 0 Å². The average molecular weight is 293 g/mol. The van der Waals surface area contributed by atoms with E-state index >= 15 is 0 Å². The third-order valence-electron chi connectivity index (χ3n) is 2.45. The third-order valence-corrected chi connectivity index (χ3v) is 3.09. The Bertz CT molecular complexity index is 291. The van der Waals surface area contributed by atoms with Crippen LogP contribution in [0.4, 0.5) is 4.79 Å². The molecule has 0 saturated carbocycles. The molecule has 0 spiro atoms. The van der Waals surface area contributed by atoms with Crippen LogP contribution in [0.5, 0.6) is 0 Å². The third kappa shape index (κ3) is 7.91. The number of ether oxygens (including phenoxy) is 1. The second-order valence-corrected chi connectivity index (χ2v) is 5.16. The van der Waals surface area contributed by atoms with Gasteiger partial charge in [-0.3, -0.25) is 4.79 Å². The van der Waals surface area contributed by atoms with Crippen LogP contribution in [0.25, 0.3) is 0 Å². The first kappa shape index (κ1) is 18.0. The van der Waals surface area contributed by atoms with Gasteiger partial charge in [-0.25, -0.2) is 4.79 Å². The summed E-state index contributed by atoms with van der Waals surface area (Å²) in [6.45, 7) is 0.291.